The molecule has 2 aromatic carbocycles. The van der Waals surface area contributed by atoms with E-state index in [1.54, 1.807) is 0 Å². The first-order chi connectivity index (χ1) is 8.35. The molecule has 0 saturated carbocycles. The molecule has 0 bridgehead atoms. The highest BCUT2D eigenvalue weighted by atomic mass is 32.1. The van der Waals surface area contributed by atoms with E-state index in [1.165, 1.54) is 31.3 Å². The summed E-state index contributed by atoms with van der Waals surface area (Å²) in [5.74, 6) is 0. The van der Waals surface area contributed by atoms with E-state index in [-0.39, 0.29) is 0 Å². The third-order valence-electron chi connectivity index (χ3n) is 3.45. The second kappa shape index (κ2) is 4.15. The fourth-order valence-corrected chi connectivity index (χ4v) is 3.96. The quantitative estimate of drug-likeness (QED) is 0.579. The molecule has 17 heavy (non-hydrogen) atoms. The Labute approximate surface area is 106 Å². The zero-order valence-electron chi connectivity index (χ0n) is 10.3. The molecule has 1 heterocycles. The van der Waals surface area contributed by atoms with Gasteiger partial charge in [-0.1, -0.05) is 50.2 Å². The molecule has 0 aliphatic carbocycles. The van der Waals surface area contributed by atoms with E-state index in [4.69, 9.17) is 0 Å². The van der Waals surface area contributed by atoms with Crippen molar-refractivity contribution in [1.82, 2.24) is 0 Å². The Kier molecular flexibility index (Phi) is 2.64. The lowest BCUT2D eigenvalue weighted by Crippen LogP contribution is -1.78. The molecule has 0 aliphatic rings. The molecule has 0 amide bonds. The molecule has 3 aromatic rings. The zero-order chi connectivity index (χ0) is 11.8. The van der Waals surface area contributed by atoms with E-state index in [1.807, 2.05) is 11.3 Å². The molecule has 0 fully saturated rings. The molecular weight excluding hydrogens is 224 g/mol. The van der Waals surface area contributed by atoms with Gasteiger partial charge in [-0.15, -0.1) is 11.3 Å². The molecule has 0 atom stereocenters. The lowest BCUT2D eigenvalue weighted by atomic mass is 10.1. The van der Waals surface area contributed by atoms with Crippen LogP contribution in [0, 0.1) is 0 Å². The number of benzene rings is 2. The van der Waals surface area contributed by atoms with E-state index < -0.39 is 0 Å². The summed E-state index contributed by atoms with van der Waals surface area (Å²) in [5, 5.41) is 2.86. The molecular formula is C16H16S. The molecule has 0 unspecified atom stereocenters. The summed E-state index contributed by atoms with van der Waals surface area (Å²) in [7, 11) is 0. The largest absolute Gasteiger partial charge is 0.135 e. The van der Waals surface area contributed by atoms with Gasteiger partial charge in [-0.3, -0.25) is 0 Å². The molecule has 0 nitrogen and oxygen atoms in total. The van der Waals surface area contributed by atoms with Crippen molar-refractivity contribution in [3.8, 4) is 0 Å². The summed E-state index contributed by atoms with van der Waals surface area (Å²) in [5.41, 5.74) is 2.96. The van der Waals surface area contributed by atoms with Gasteiger partial charge in [0.2, 0.25) is 0 Å². The van der Waals surface area contributed by atoms with Gasteiger partial charge in [-0.25, -0.2) is 0 Å². The summed E-state index contributed by atoms with van der Waals surface area (Å²) < 4.78 is 2.96. The van der Waals surface area contributed by atoms with E-state index in [0.29, 0.717) is 0 Å². The first-order valence-electron chi connectivity index (χ1n) is 6.27. The van der Waals surface area contributed by atoms with E-state index in [9.17, 15) is 0 Å². The maximum absolute atomic E-state index is 2.26. The standard InChI is InChI=1S/C16H16S/c1-3-11-7-5-9-13-14-10-6-8-12(4-2)16(14)17-15(11)13/h5-10H,3-4H2,1-2H3. The predicted octanol–water partition coefficient (Wildman–Crippen LogP) is 5.18. The molecule has 3 rings (SSSR count). The zero-order valence-corrected chi connectivity index (χ0v) is 11.1. The fraction of sp³-hybridized carbons (Fsp3) is 0.250. The van der Waals surface area contributed by atoms with Crippen LogP contribution in [0.1, 0.15) is 25.0 Å². The van der Waals surface area contributed by atoms with Crippen LogP contribution in [0.5, 0.6) is 0 Å². The third kappa shape index (κ3) is 1.57. The molecule has 86 valence electrons. The highest BCUT2D eigenvalue weighted by Crippen LogP contribution is 2.37. The summed E-state index contributed by atoms with van der Waals surface area (Å²) in [6, 6.07) is 13.4. The Morgan fingerprint density at radius 1 is 0.765 bits per heavy atom. The second-order valence-electron chi connectivity index (χ2n) is 4.40. The molecule has 0 spiro atoms. The maximum Gasteiger partial charge on any atom is 0.0387 e. The summed E-state index contributed by atoms with van der Waals surface area (Å²) in [4.78, 5) is 0. The lowest BCUT2D eigenvalue weighted by Gasteiger charge is -1.98. The van der Waals surface area contributed by atoms with Crippen molar-refractivity contribution in [2.75, 3.05) is 0 Å². The molecule has 1 aromatic heterocycles. The molecule has 0 saturated heterocycles. The monoisotopic (exact) mass is 240 g/mol. The Morgan fingerprint density at radius 2 is 1.24 bits per heavy atom. The van der Waals surface area contributed by atoms with Crippen LogP contribution in [0.2, 0.25) is 0 Å². The van der Waals surface area contributed by atoms with Crippen molar-refractivity contribution in [3.63, 3.8) is 0 Å². The van der Waals surface area contributed by atoms with Crippen molar-refractivity contribution in [1.29, 1.82) is 0 Å². The second-order valence-corrected chi connectivity index (χ2v) is 5.42. The van der Waals surface area contributed by atoms with Gasteiger partial charge in [0.1, 0.15) is 0 Å². The van der Waals surface area contributed by atoms with Crippen LogP contribution < -0.4 is 0 Å². The van der Waals surface area contributed by atoms with E-state index >= 15 is 0 Å². The number of hydrogen-bond acceptors (Lipinski definition) is 1. The van der Waals surface area contributed by atoms with E-state index in [0.717, 1.165) is 12.8 Å². The van der Waals surface area contributed by atoms with Gasteiger partial charge in [-0.05, 0) is 24.0 Å². The van der Waals surface area contributed by atoms with Gasteiger partial charge in [0.25, 0.3) is 0 Å². The number of thiophene rings is 1. The molecule has 0 N–H and O–H groups in total. The summed E-state index contributed by atoms with van der Waals surface area (Å²) >= 11 is 1.96. The first kappa shape index (κ1) is 10.8. The number of hydrogen-bond donors (Lipinski definition) is 0. The van der Waals surface area contributed by atoms with Crippen LogP contribution in [0.4, 0.5) is 0 Å². The van der Waals surface area contributed by atoms with Crippen molar-refractivity contribution < 1.29 is 0 Å². The van der Waals surface area contributed by atoms with Crippen LogP contribution >= 0.6 is 11.3 Å². The SMILES string of the molecule is CCc1cccc2c1sc1c(CC)cccc12. The van der Waals surface area contributed by atoms with Crippen LogP contribution in [0.25, 0.3) is 20.2 Å². The lowest BCUT2D eigenvalue weighted by molar-refractivity contribution is 1.16. The molecule has 1 heteroatoms. The maximum atomic E-state index is 2.26. The van der Waals surface area contributed by atoms with Crippen LogP contribution in [-0.4, -0.2) is 0 Å². The predicted molar refractivity (Wildman–Crippen MR) is 78.1 cm³/mol. The smallest absolute Gasteiger partial charge is 0.0387 e. The minimum atomic E-state index is 1.12. The van der Waals surface area contributed by atoms with Crippen molar-refractivity contribution in [2.45, 2.75) is 26.7 Å². The number of rotatable bonds is 2. The number of aryl methyl sites for hydroxylation is 2. The minimum absolute atomic E-state index is 1.12. The number of fused-ring (bicyclic) bond motifs is 3. The topological polar surface area (TPSA) is 0 Å². The van der Waals surface area contributed by atoms with Gasteiger partial charge < -0.3 is 0 Å². The summed E-state index contributed by atoms with van der Waals surface area (Å²) in [6.07, 6.45) is 2.23. The Morgan fingerprint density at radius 3 is 1.65 bits per heavy atom. The van der Waals surface area contributed by atoms with Crippen LogP contribution in [0.3, 0.4) is 0 Å². The highest BCUT2D eigenvalue weighted by molar-refractivity contribution is 7.26. The minimum Gasteiger partial charge on any atom is -0.135 e. The van der Waals surface area contributed by atoms with Crippen LogP contribution in [-0.2, 0) is 12.8 Å². The average Bonchev–Trinajstić information content (AvgIpc) is 2.77. The van der Waals surface area contributed by atoms with Crippen LogP contribution in [0.15, 0.2) is 36.4 Å². The third-order valence-corrected chi connectivity index (χ3v) is 4.82. The highest BCUT2D eigenvalue weighted by Gasteiger charge is 2.09. The normalized spacial score (nSPS) is 11.4. The van der Waals surface area contributed by atoms with E-state index in [2.05, 4.69) is 50.2 Å². The average molecular weight is 240 g/mol. The molecule has 0 aliphatic heterocycles. The fourth-order valence-electron chi connectivity index (χ4n) is 2.49. The van der Waals surface area contributed by atoms with Gasteiger partial charge in [0.15, 0.2) is 0 Å². The Balaban J connectivity index is 2.49. The van der Waals surface area contributed by atoms with Gasteiger partial charge in [-0.2, -0.15) is 0 Å². The van der Waals surface area contributed by atoms with Crippen molar-refractivity contribution in [2.24, 2.45) is 0 Å². The Hall–Kier alpha value is -1.34. The van der Waals surface area contributed by atoms with Gasteiger partial charge >= 0.3 is 0 Å². The summed E-state index contributed by atoms with van der Waals surface area (Å²) in [6.45, 7) is 4.47. The van der Waals surface area contributed by atoms with Crippen molar-refractivity contribution in [3.05, 3.63) is 47.5 Å². The molecule has 0 radical (unpaired) electrons. The van der Waals surface area contributed by atoms with Gasteiger partial charge in [0.05, 0.1) is 0 Å². The van der Waals surface area contributed by atoms with Gasteiger partial charge in [0, 0.05) is 20.2 Å². The first-order valence-corrected chi connectivity index (χ1v) is 7.08. The Bertz CT molecular complexity index is 618. The van der Waals surface area contributed by atoms with Crippen molar-refractivity contribution >= 4 is 31.5 Å².